The molecule has 1 aromatic carbocycles. The fourth-order valence-electron chi connectivity index (χ4n) is 1.57. The highest BCUT2D eigenvalue weighted by Gasteiger charge is 2.09. The molecule has 0 spiro atoms. The molecule has 1 heterocycles. The average molecular weight is 232 g/mol. The van der Waals surface area contributed by atoms with Gasteiger partial charge in [0.15, 0.2) is 0 Å². The summed E-state index contributed by atoms with van der Waals surface area (Å²) in [5.74, 6) is 0. The highest BCUT2D eigenvalue weighted by atomic mass is 35.5. The molecule has 2 aromatic rings. The zero-order valence-corrected chi connectivity index (χ0v) is 9.78. The van der Waals surface area contributed by atoms with E-state index in [1.807, 2.05) is 32.0 Å². The summed E-state index contributed by atoms with van der Waals surface area (Å²) in [6, 6.07) is 7.72. The van der Waals surface area contributed by atoms with Crippen LogP contribution >= 0.6 is 11.6 Å². The minimum absolute atomic E-state index is 0.583. The van der Waals surface area contributed by atoms with Crippen LogP contribution < -0.4 is 0 Å². The maximum absolute atomic E-state index is 8.87. The Morgan fingerprint density at radius 1 is 1.38 bits per heavy atom. The van der Waals surface area contributed by atoms with Crippen LogP contribution in [-0.2, 0) is 0 Å². The van der Waals surface area contributed by atoms with Crippen molar-refractivity contribution in [2.24, 2.45) is 0 Å². The van der Waals surface area contributed by atoms with Gasteiger partial charge in [-0.3, -0.25) is 0 Å². The molecule has 0 N–H and O–H groups in total. The van der Waals surface area contributed by atoms with Crippen molar-refractivity contribution in [3.05, 3.63) is 46.2 Å². The Kier molecular flexibility index (Phi) is 2.67. The van der Waals surface area contributed by atoms with Crippen molar-refractivity contribution in [3.63, 3.8) is 0 Å². The minimum Gasteiger partial charge on any atom is -0.236 e. The van der Waals surface area contributed by atoms with Crippen LogP contribution in [0.25, 0.3) is 5.69 Å². The number of hydrogen-bond acceptors (Lipinski definition) is 2. The summed E-state index contributed by atoms with van der Waals surface area (Å²) >= 11 is 5.95. The molecule has 0 saturated carbocycles. The molecule has 0 aliphatic rings. The molecule has 80 valence electrons. The molecule has 2 rings (SSSR count). The van der Waals surface area contributed by atoms with Gasteiger partial charge in [0.05, 0.1) is 23.1 Å². The topological polar surface area (TPSA) is 41.6 Å². The van der Waals surface area contributed by atoms with Crippen LogP contribution in [0.1, 0.15) is 16.8 Å². The smallest absolute Gasteiger partial charge is 0.103 e. The fraction of sp³-hybridized carbons (Fsp3) is 0.167. The van der Waals surface area contributed by atoms with Crippen molar-refractivity contribution in [2.45, 2.75) is 13.8 Å². The maximum atomic E-state index is 8.87. The number of halogens is 1. The van der Waals surface area contributed by atoms with Crippen molar-refractivity contribution in [1.29, 1.82) is 5.26 Å². The van der Waals surface area contributed by atoms with Gasteiger partial charge in [-0.25, -0.2) is 4.68 Å². The Morgan fingerprint density at radius 2 is 2.12 bits per heavy atom. The van der Waals surface area contributed by atoms with Crippen molar-refractivity contribution in [1.82, 2.24) is 9.78 Å². The van der Waals surface area contributed by atoms with Gasteiger partial charge in [0.25, 0.3) is 0 Å². The van der Waals surface area contributed by atoms with E-state index in [9.17, 15) is 0 Å². The van der Waals surface area contributed by atoms with Crippen LogP contribution in [0.5, 0.6) is 0 Å². The molecule has 3 nitrogen and oxygen atoms in total. The van der Waals surface area contributed by atoms with Crippen LogP contribution in [0.4, 0.5) is 0 Å². The maximum Gasteiger partial charge on any atom is 0.103 e. The van der Waals surface area contributed by atoms with Gasteiger partial charge in [0.1, 0.15) is 6.07 Å². The fourth-order valence-corrected chi connectivity index (χ4v) is 1.74. The van der Waals surface area contributed by atoms with E-state index < -0.39 is 0 Å². The molecule has 0 bridgehead atoms. The second-order valence-electron chi connectivity index (χ2n) is 3.60. The van der Waals surface area contributed by atoms with E-state index in [0.29, 0.717) is 10.6 Å². The lowest BCUT2D eigenvalue weighted by Gasteiger charge is -2.08. The van der Waals surface area contributed by atoms with Gasteiger partial charge in [-0.1, -0.05) is 17.7 Å². The summed E-state index contributed by atoms with van der Waals surface area (Å²) < 4.78 is 1.74. The van der Waals surface area contributed by atoms with E-state index in [1.165, 1.54) is 0 Å². The average Bonchev–Trinajstić information content (AvgIpc) is 2.63. The monoisotopic (exact) mass is 231 g/mol. The normalized spacial score (nSPS) is 10.1. The van der Waals surface area contributed by atoms with E-state index >= 15 is 0 Å². The number of aromatic nitrogens is 2. The van der Waals surface area contributed by atoms with Crippen molar-refractivity contribution < 1.29 is 0 Å². The molecule has 0 unspecified atom stereocenters. The predicted molar refractivity (Wildman–Crippen MR) is 62.8 cm³/mol. The summed E-state index contributed by atoms with van der Waals surface area (Å²) in [7, 11) is 0. The molecule has 1 aromatic heterocycles. The van der Waals surface area contributed by atoms with Crippen molar-refractivity contribution >= 4 is 11.6 Å². The lowest BCUT2D eigenvalue weighted by Crippen LogP contribution is -2.01. The van der Waals surface area contributed by atoms with Crippen LogP contribution in [-0.4, -0.2) is 9.78 Å². The second kappa shape index (κ2) is 3.99. The molecule has 16 heavy (non-hydrogen) atoms. The first-order valence-electron chi connectivity index (χ1n) is 4.84. The third-order valence-electron chi connectivity index (χ3n) is 2.53. The summed E-state index contributed by atoms with van der Waals surface area (Å²) in [5.41, 5.74) is 3.39. The number of nitriles is 1. The van der Waals surface area contributed by atoms with Gasteiger partial charge in [0, 0.05) is 5.02 Å². The number of hydrogen-bond donors (Lipinski definition) is 0. The van der Waals surface area contributed by atoms with Crippen LogP contribution in [0, 0.1) is 25.2 Å². The Balaban J connectivity index is 2.64. The third kappa shape index (κ3) is 1.68. The lowest BCUT2D eigenvalue weighted by atomic mass is 10.2. The number of rotatable bonds is 1. The Hall–Kier alpha value is -1.79. The number of aryl methyl sites for hydroxylation is 1. The van der Waals surface area contributed by atoms with Crippen LogP contribution in [0.2, 0.25) is 5.02 Å². The molecule has 0 saturated heterocycles. The quantitative estimate of drug-likeness (QED) is 0.757. The van der Waals surface area contributed by atoms with E-state index in [2.05, 4.69) is 11.2 Å². The second-order valence-corrected chi connectivity index (χ2v) is 4.03. The Bertz CT molecular complexity index is 578. The molecule has 4 heteroatoms. The van der Waals surface area contributed by atoms with E-state index in [4.69, 9.17) is 16.9 Å². The molecule has 0 fully saturated rings. The first kappa shape index (κ1) is 10.7. The Morgan fingerprint density at radius 3 is 2.75 bits per heavy atom. The molecule has 0 aliphatic heterocycles. The van der Waals surface area contributed by atoms with E-state index in [1.54, 1.807) is 10.9 Å². The largest absolute Gasteiger partial charge is 0.236 e. The van der Waals surface area contributed by atoms with Gasteiger partial charge in [-0.05, 0) is 31.5 Å². The first-order chi connectivity index (χ1) is 7.63. The third-order valence-corrected chi connectivity index (χ3v) is 2.76. The molecule has 0 amide bonds. The summed E-state index contributed by atoms with van der Waals surface area (Å²) in [5, 5.41) is 13.7. The molecule has 0 aliphatic carbocycles. The molecule has 0 radical (unpaired) electrons. The van der Waals surface area contributed by atoms with Gasteiger partial charge < -0.3 is 0 Å². The lowest BCUT2D eigenvalue weighted by molar-refractivity contribution is 0.840. The molecular formula is C12H10ClN3. The number of nitrogens with zero attached hydrogens (tertiary/aromatic N) is 3. The highest BCUT2D eigenvalue weighted by molar-refractivity contribution is 6.30. The summed E-state index contributed by atoms with van der Waals surface area (Å²) in [6.07, 6.45) is 1.57. The minimum atomic E-state index is 0.583. The Labute approximate surface area is 98.9 Å². The van der Waals surface area contributed by atoms with Crippen LogP contribution in [0.15, 0.2) is 24.4 Å². The van der Waals surface area contributed by atoms with E-state index in [-0.39, 0.29) is 0 Å². The van der Waals surface area contributed by atoms with Crippen LogP contribution in [0.3, 0.4) is 0 Å². The van der Waals surface area contributed by atoms with Gasteiger partial charge in [0.2, 0.25) is 0 Å². The zero-order valence-electron chi connectivity index (χ0n) is 9.03. The van der Waals surface area contributed by atoms with Crippen molar-refractivity contribution in [3.8, 4) is 11.8 Å². The van der Waals surface area contributed by atoms with E-state index in [0.717, 1.165) is 16.9 Å². The van der Waals surface area contributed by atoms with Crippen molar-refractivity contribution in [2.75, 3.05) is 0 Å². The van der Waals surface area contributed by atoms with Gasteiger partial charge in [-0.15, -0.1) is 0 Å². The van der Waals surface area contributed by atoms with Gasteiger partial charge in [-0.2, -0.15) is 10.4 Å². The summed E-state index contributed by atoms with van der Waals surface area (Å²) in [6.45, 7) is 3.85. The summed E-state index contributed by atoms with van der Waals surface area (Å²) in [4.78, 5) is 0. The number of benzene rings is 1. The SMILES string of the molecule is Cc1ccc(Cl)cc1-n1ncc(C#N)c1C. The molecular weight excluding hydrogens is 222 g/mol. The first-order valence-corrected chi connectivity index (χ1v) is 5.22. The van der Waals surface area contributed by atoms with Gasteiger partial charge >= 0.3 is 0 Å². The molecule has 0 atom stereocenters. The standard InChI is InChI=1S/C12H10ClN3/c1-8-3-4-11(13)5-12(8)16-9(2)10(6-14)7-15-16/h3-5,7H,1-2H3. The predicted octanol–water partition coefficient (Wildman–Crippen LogP) is 3.01. The highest BCUT2D eigenvalue weighted by Crippen LogP contribution is 2.21. The zero-order chi connectivity index (χ0) is 11.7.